The van der Waals surface area contributed by atoms with Crippen LogP contribution in [0, 0.1) is 11.8 Å². The van der Waals surface area contributed by atoms with Crippen molar-refractivity contribution in [3.63, 3.8) is 0 Å². The molecule has 1 aliphatic rings. The number of pyridine rings is 1. The Morgan fingerprint density at radius 1 is 1.43 bits per heavy atom. The fourth-order valence-electron chi connectivity index (χ4n) is 2.64. The van der Waals surface area contributed by atoms with E-state index < -0.39 is 6.16 Å². The molecular formula is C16H22N4O3. The van der Waals surface area contributed by atoms with Crippen molar-refractivity contribution < 1.29 is 15.0 Å². The number of hydrogen-bond donors (Lipinski definition) is 3. The van der Waals surface area contributed by atoms with Crippen LogP contribution in [0.15, 0.2) is 36.9 Å². The van der Waals surface area contributed by atoms with Crippen LogP contribution in [0.4, 0.5) is 4.79 Å². The topological polar surface area (TPSA) is 114 Å². The fourth-order valence-corrected chi connectivity index (χ4v) is 2.64. The van der Waals surface area contributed by atoms with Crippen molar-refractivity contribution in [2.75, 3.05) is 6.54 Å². The second-order valence-corrected chi connectivity index (χ2v) is 5.86. The van der Waals surface area contributed by atoms with Crippen molar-refractivity contribution in [3.8, 4) is 5.82 Å². The van der Waals surface area contributed by atoms with Crippen molar-refractivity contribution in [1.29, 1.82) is 0 Å². The second-order valence-electron chi connectivity index (χ2n) is 5.86. The van der Waals surface area contributed by atoms with Crippen LogP contribution in [0.25, 0.3) is 5.82 Å². The molecule has 1 aliphatic carbocycles. The first-order valence-electron chi connectivity index (χ1n) is 7.58. The third kappa shape index (κ3) is 5.07. The molecule has 4 N–H and O–H groups in total. The average Bonchev–Trinajstić information content (AvgIpc) is 3.11. The van der Waals surface area contributed by atoms with E-state index in [1.54, 1.807) is 6.20 Å². The largest absolute Gasteiger partial charge is 0.503 e. The number of carbonyl (C=O) groups is 1. The van der Waals surface area contributed by atoms with Gasteiger partial charge >= 0.3 is 6.16 Å². The molecule has 3 rings (SSSR count). The van der Waals surface area contributed by atoms with Crippen LogP contribution >= 0.6 is 0 Å². The molecule has 124 valence electrons. The minimum absolute atomic E-state index is 0.618. The number of carboxylic acid groups (broad SMARTS) is 2. The molecule has 0 spiro atoms. The third-order valence-corrected chi connectivity index (χ3v) is 3.93. The van der Waals surface area contributed by atoms with Crippen LogP contribution in [-0.4, -0.2) is 37.4 Å². The highest BCUT2D eigenvalue weighted by Crippen LogP contribution is 2.50. The van der Waals surface area contributed by atoms with Crippen LogP contribution in [0.5, 0.6) is 0 Å². The molecule has 23 heavy (non-hydrogen) atoms. The first kappa shape index (κ1) is 17.0. The van der Waals surface area contributed by atoms with E-state index in [9.17, 15) is 0 Å². The minimum Gasteiger partial charge on any atom is -0.450 e. The predicted octanol–water partition coefficient (Wildman–Crippen LogP) is 2.58. The lowest BCUT2D eigenvalue weighted by Crippen LogP contribution is -2.11. The van der Waals surface area contributed by atoms with Gasteiger partial charge in [0.05, 0.1) is 5.69 Å². The Morgan fingerprint density at radius 2 is 2.17 bits per heavy atom. The first-order chi connectivity index (χ1) is 11.0. The van der Waals surface area contributed by atoms with Gasteiger partial charge in [0.2, 0.25) is 0 Å². The van der Waals surface area contributed by atoms with Gasteiger partial charge in [-0.25, -0.2) is 14.8 Å². The minimum atomic E-state index is -1.83. The summed E-state index contributed by atoms with van der Waals surface area (Å²) in [4.78, 5) is 17.4. The van der Waals surface area contributed by atoms with Gasteiger partial charge in [-0.2, -0.15) is 0 Å². The number of rotatable bonds is 5. The molecule has 0 saturated heterocycles. The van der Waals surface area contributed by atoms with Gasteiger partial charge in [-0.15, -0.1) is 0 Å². The molecule has 0 aromatic carbocycles. The molecule has 7 nitrogen and oxygen atoms in total. The van der Waals surface area contributed by atoms with Gasteiger partial charge in [0.25, 0.3) is 0 Å². The van der Waals surface area contributed by atoms with Crippen LogP contribution in [0.1, 0.15) is 31.4 Å². The smallest absolute Gasteiger partial charge is 0.450 e. The molecule has 0 aliphatic heterocycles. The summed E-state index contributed by atoms with van der Waals surface area (Å²) in [7, 11) is 0. The van der Waals surface area contributed by atoms with E-state index in [2.05, 4.69) is 23.1 Å². The quantitative estimate of drug-likeness (QED) is 0.780. The SMILES string of the molecule is C[C@@H](CN)CC1CC1c1cn(-c2ccccn2)cn1.O=C(O)O. The van der Waals surface area contributed by atoms with E-state index in [1.807, 2.05) is 29.1 Å². The lowest BCUT2D eigenvalue weighted by atomic mass is 10.0. The highest BCUT2D eigenvalue weighted by Gasteiger charge is 2.40. The summed E-state index contributed by atoms with van der Waals surface area (Å²) in [5, 5.41) is 13.9. The van der Waals surface area contributed by atoms with Gasteiger partial charge in [0.15, 0.2) is 0 Å². The van der Waals surface area contributed by atoms with Crippen LogP contribution < -0.4 is 5.73 Å². The van der Waals surface area contributed by atoms with Crippen LogP contribution in [-0.2, 0) is 0 Å². The lowest BCUT2D eigenvalue weighted by molar-refractivity contribution is 0.137. The molecule has 2 aromatic rings. The third-order valence-electron chi connectivity index (χ3n) is 3.93. The summed E-state index contributed by atoms with van der Waals surface area (Å²) >= 11 is 0. The van der Waals surface area contributed by atoms with Gasteiger partial charge < -0.3 is 15.9 Å². The van der Waals surface area contributed by atoms with E-state index >= 15 is 0 Å². The van der Waals surface area contributed by atoms with E-state index in [4.69, 9.17) is 20.7 Å². The van der Waals surface area contributed by atoms with Gasteiger partial charge in [0.1, 0.15) is 12.1 Å². The molecule has 2 aromatic heterocycles. The molecule has 2 heterocycles. The van der Waals surface area contributed by atoms with Gasteiger partial charge in [0, 0.05) is 18.3 Å². The number of imidazole rings is 1. The van der Waals surface area contributed by atoms with E-state index in [0.29, 0.717) is 11.8 Å². The zero-order chi connectivity index (χ0) is 16.8. The fraction of sp³-hybridized carbons (Fsp3) is 0.438. The summed E-state index contributed by atoms with van der Waals surface area (Å²) in [6.07, 6.45) is 6.42. The molecule has 0 amide bonds. The molecule has 7 heteroatoms. The summed E-state index contributed by atoms with van der Waals surface area (Å²) in [6.45, 7) is 3.01. The predicted molar refractivity (Wildman–Crippen MR) is 85.7 cm³/mol. The normalized spacial score (nSPS) is 20.3. The number of aromatic nitrogens is 3. The Hall–Kier alpha value is -2.41. The van der Waals surface area contributed by atoms with Gasteiger partial charge in [-0.3, -0.25) is 4.57 Å². The first-order valence-corrected chi connectivity index (χ1v) is 7.58. The summed E-state index contributed by atoms with van der Waals surface area (Å²) < 4.78 is 2.00. The Labute approximate surface area is 134 Å². The van der Waals surface area contributed by atoms with E-state index in [-0.39, 0.29) is 0 Å². The van der Waals surface area contributed by atoms with Gasteiger partial charge in [-0.1, -0.05) is 13.0 Å². The summed E-state index contributed by atoms with van der Waals surface area (Å²) in [5.41, 5.74) is 6.88. The zero-order valence-electron chi connectivity index (χ0n) is 13.0. The molecule has 3 atom stereocenters. The lowest BCUT2D eigenvalue weighted by Gasteiger charge is -2.06. The Kier molecular flexibility index (Phi) is 5.70. The van der Waals surface area contributed by atoms with Crippen molar-refractivity contribution in [2.24, 2.45) is 17.6 Å². The molecule has 1 fully saturated rings. The van der Waals surface area contributed by atoms with Crippen LogP contribution in [0.2, 0.25) is 0 Å². The number of nitrogens with zero attached hydrogens (tertiary/aromatic N) is 3. The zero-order valence-corrected chi connectivity index (χ0v) is 13.0. The van der Waals surface area contributed by atoms with Crippen LogP contribution in [0.3, 0.4) is 0 Å². The molecule has 0 bridgehead atoms. The van der Waals surface area contributed by atoms with Gasteiger partial charge in [-0.05, 0) is 43.4 Å². The standard InChI is InChI=1S/C15H20N4.CH2O3/c1-11(8-16)6-12-7-13(12)14-9-19(10-18-14)15-4-2-3-5-17-15;2-1(3)4/h2-5,9-13H,6-8,16H2,1H3;(H2,2,3,4)/t11-,12?,13?;/m1./s1. The summed E-state index contributed by atoms with van der Waals surface area (Å²) in [5.74, 6) is 2.94. The molecule has 1 saturated carbocycles. The highest BCUT2D eigenvalue weighted by atomic mass is 16.6. The highest BCUT2D eigenvalue weighted by molar-refractivity contribution is 5.53. The van der Waals surface area contributed by atoms with Crippen molar-refractivity contribution >= 4 is 6.16 Å². The summed E-state index contributed by atoms with van der Waals surface area (Å²) in [6, 6.07) is 5.91. The van der Waals surface area contributed by atoms with Crippen molar-refractivity contribution in [1.82, 2.24) is 14.5 Å². The van der Waals surface area contributed by atoms with E-state index in [0.717, 1.165) is 18.3 Å². The maximum Gasteiger partial charge on any atom is 0.503 e. The molecular weight excluding hydrogens is 296 g/mol. The number of hydrogen-bond acceptors (Lipinski definition) is 4. The number of nitrogens with two attached hydrogens (primary N) is 1. The monoisotopic (exact) mass is 318 g/mol. The van der Waals surface area contributed by atoms with Crippen molar-refractivity contribution in [2.45, 2.75) is 25.7 Å². The second kappa shape index (κ2) is 7.73. The Bertz CT molecular complexity index is 625. The Morgan fingerprint density at radius 3 is 2.78 bits per heavy atom. The van der Waals surface area contributed by atoms with E-state index in [1.165, 1.54) is 18.5 Å². The average molecular weight is 318 g/mol. The molecule has 0 radical (unpaired) electrons. The Balaban J connectivity index is 0.000000433. The molecule has 2 unspecified atom stereocenters. The maximum absolute atomic E-state index is 8.56. The van der Waals surface area contributed by atoms with Crippen molar-refractivity contribution in [3.05, 3.63) is 42.6 Å². The maximum atomic E-state index is 8.56.